The molecule has 0 saturated carbocycles. The Morgan fingerprint density at radius 2 is 2.00 bits per heavy atom. The highest BCUT2D eigenvalue weighted by atomic mass is 16.5. The normalized spacial score (nSPS) is 21.9. The van der Waals surface area contributed by atoms with E-state index in [9.17, 15) is 0 Å². The molecule has 96 valence electrons. The minimum Gasteiger partial charge on any atom is -0.381 e. The van der Waals surface area contributed by atoms with Crippen molar-refractivity contribution in [3.8, 4) is 0 Å². The Morgan fingerprint density at radius 3 is 2.50 bits per heavy atom. The van der Waals surface area contributed by atoms with E-state index in [2.05, 4.69) is 19.2 Å². The lowest BCUT2D eigenvalue weighted by Crippen LogP contribution is -2.48. The van der Waals surface area contributed by atoms with Crippen molar-refractivity contribution in [2.45, 2.75) is 51.7 Å². The molecule has 3 heteroatoms. The van der Waals surface area contributed by atoms with Crippen molar-refractivity contribution >= 4 is 0 Å². The quantitative estimate of drug-likeness (QED) is 0.726. The molecule has 1 heterocycles. The lowest BCUT2D eigenvalue weighted by atomic mass is 9.87. The topological polar surface area (TPSA) is 30.5 Å². The van der Waals surface area contributed by atoms with Gasteiger partial charge in [0.15, 0.2) is 0 Å². The molecular weight excluding hydrogens is 202 g/mol. The standard InChI is InChI=1S/C13H27NO2/c1-4-8-14-13(12(5-2)15-3)11-6-9-16-10-7-11/h11-14H,4-10H2,1-3H3. The summed E-state index contributed by atoms with van der Waals surface area (Å²) < 4.78 is 11.0. The minimum absolute atomic E-state index is 0.342. The lowest BCUT2D eigenvalue weighted by Gasteiger charge is -2.35. The van der Waals surface area contributed by atoms with E-state index >= 15 is 0 Å². The third-order valence-corrected chi connectivity index (χ3v) is 3.51. The van der Waals surface area contributed by atoms with Crippen LogP contribution < -0.4 is 5.32 Å². The van der Waals surface area contributed by atoms with E-state index in [1.54, 1.807) is 0 Å². The van der Waals surface area contributed by atoms with Gasteiger partial charge in [-0.2, -0.15) is 0 Å². The summed E-state index contributed by atoms with van der Waals surface area (Å²) in [6.45, 7) is 7.32. The molecule has 0 aromatic carbocycles. The van der Waals surface area contributed by atoms with Crippen LogP contribution in [0.4, 0.5) is 0 Å². The fraction of sp³-hybridized carbons (Fsp3) is 1.00. The highest BCUT2D eigenvalue weighted by Gasteiger charge is 2.29. The van der Waals surface area contributed by atoms with E-state index in [0.717, 1.165) is 26.2 Å². The number of methoxy groups -OCH3 is 1. The lowest BCUT2D eigenvalue weighted by molar-refractivity contribution is 0.00226. The fourth-order valence-corrected chi connectivity index (χ4v) is 2.55. The molecule has 1 aliphatic rings. The van der Waals surface area contributed by atoms with Gasteiger partial charge in [0.1, 0.15) is 0 Å². The number of hydrogen-bond acceptors (Lipinski definition) is 3. The molecule has 3 nitrogen and oxygen atoms in total. The Kier molecular flexibility index (Phi) is 7.01. The van der Waals surface area contributed by atoms with E-state index in [1.807, 2.05) is 7.11 Å². The van der Waals surface area contributed by atoms with E-state index in [4.69, 9.17) is 9.47 Å². The van der Waals surface area contributed by atoms with Crippen LogP contribution in [-0.4, -0.2) is 39.0 Å². The molecule has 0 spiro atoms. The maximum atomic E-state index is 5.61. The first-order valence-electron chi connectivity index (χ1n) is 6.67. The van der Waals surface area contributed by atoms with Crippen LogP contribution in [0.25, 0.3) is 0 Å². The molecule has 0 aromatic rings. The number of rotatable bonds is 7. The van der Waals surface area contributed by atoms with Crippen molar-refractivity contribution in [3.05, 3.63) is 0 Å². The van der Waals surface area contributed by atoms with Crippen molar-refractivity contribution in [2.75, 3.05) is 26.9 Å². The van der Waals surface area contributed by atoms with Crippen molar-refractivity contribution in [2.24, 2.45) is 5.92 Å². The third kappa shape index (κ3) is 4.04. The largest absolute Gasteiger partial charge is 0.381 e. The van der Waals surface area contributed by atoms with Crippen LogP contribution >= 0.6 is 0 Å². The minimum atomic E-state index is 0.342. The summed E-state index contributed by atoms with van der Waals surface area (Å²) in [5.74, 6) is 0.713. The summed E-state index contributed by atoms with van der Waals surface area (Å²) in [6.07, 6.45) is 4.94. The van der Waals surface area contributed by atoms with Crippen LogP contribution in [0.2, 0.25) is 0 Å². The van der Waals surface area contributed by atoms with E-state index < -0.39 is 0 Å². The third-order valence-electron chi connectivity index (χ3n) is 3.51. The van der Waals surface area contributed by atoms with Crippen LogP contribution in [0, 0.1) is 5.92 Å². The first kappa shape index (κ1) is 13.9. The molecular formula is C13H27NO2. The molecule has 0 aromatic heterocycles. The monoisotopic (exact) mass is 229 g/mol. The Morgan fingerprint density at radius 1 is 1.31 bits per heavy atom. The molecule has 0 aliphatic carbocycles. The van der Waals surface area contributed by atoms with Gasteiger partial charge in [0.25, 0.3) is 0 Å². The zero-order chi connectivity index (χ0) is 11.8. The maximum absolute atomic E-state index is 5.61. The molecule has 1 rings (SSSR count). The second-order valence-corrected chi connectivity index (χ2v) is 4.61. The highest BCUT2D eigenvalue weighted by molar-refractivity contribution is 4.84. The summed E-state index contributed by atoms with van der Waals surface area (Å²) in [4.78, 5) is 0. The molecule has 1 aliphatic heterocycles. The average Bonchev–Trinajstić information content (AvgIpc) is 2.35. The number of ether oxygens (including phenoxy) is 2. The molecule has 1 N–H and O–H groups in total. The summed E-state index contributed by atoms with van der Waals surface area (Å²) in [5.41, 5.74) is 0. The van der Waals surface area contributed by atoms with Gasteiger partial charge >= 0.3 is 0 Å². The Bertz CT molecular complexity index is 165. The summed E-state index contributed by atoms with van der Waals surface area (Å²) in [7, 11) is 1.83. The Hall–Kier alpha value is -0.120. The van der Waals surface area contributed by atoms with E-state index in [-0.39, 0.29) is 0 Å². The molecule has 0 amide bonds. The molecule has 2 unspecified atom stereocenters. The first-order chi connectivity index (χ1) is 7.83. The summed E-state index contributed by atoms with van der Waals surface area (Å²) >= 11 is 0. The fourth-order valence-electron chi connectivity index (χ4n) is 2.55. The summed E-state index contributed by atoms with van der Waals surface area (Å²) in [5, 5.41) is 3.66. The maximum Gasteiger partial charge on any atom is 0.0724 e. The van der Waals surface area contributed by atoms with Crippen LogP contribution in [0.1, 0.15) is 39.5 Å². The van der Waals surface area contributed by atoms with Crippen molar-refractivity contribution in [3.63, 3.8) is 0 Å². The van der Waals surface area contributed by atoms with Gasteiger partial charge in [-0.1, -0.05) is 13.8 Å². The molecule has 2 atom stereocenters. The van der Waals surface area contributed by atoms with Crippen LogP contribution in [-0.2, 0) is 9.47 Å². The van der Waals surface area contributed by atoms with Gasteiger partial charge in [-0.15, -0.1) is 0 Å². The molecule has 16 heavy (non-hydrogen) atoms. The first-order valence-corrected chi connectivity index (χ1v) is 6.67. The number of nitrogens with one attached hydrogen (secondary N) is 1. The van der Waals surface area contributed by atoms with Gasteiger partial charge in [-0.25, -0.2) is 0 Å². The second-order valence-electron chi connectivity index (χ2n) is 4.61. The molecule has 1 saturated heterocycles. The highest BCUT2D eigenvalue weighted by Crippen LogP contribution is 2.23. The van der Waals surface area contributed by atoms with Crippen LogP contribution in [0.15, 0.2) is 0 Å². The molecule has 0 radical (unpaired) electrons. The van der Waals surface area contributed by atoms with Gasteiger partial charge in [-0.05, 0) is 38.1 Å². The van der Waals surface area contributed by atoms with Gasteiger partial charge in [0.05, 0.1) is 6.10 Å². The van der Waals surface area contributed by atoms with E-state index in [0.29, 0.717) is 18.1 Å². The van der Waals surface area contributed by atoms with Crippen LogP contribution in [0.5, 0.6) is 0 Å². The Labute approximate surface area is 99.9 Å². The molecule has 0 bridgehead atoms. The zero-order valence-electron chi connectivity index (χ0n) is 11.0. The summed E-state index contributed by atoms with van der Waals surface area (Å²) in [6, 6.07) is 0.499. The number of hydrogen-bond donors (Lipinski definition) is 1. The van der Waals surface area contributed by atoms with E-state index in [1.165, 1.54) is 19.3 Å². The Balaban J connectivity index is 2.52. The van der Waals surface area contributed by atoms with Crippen molar-refractivity contribution in [1.82, 2.24) is 5.32 Å². The van der Waals surface area contributed by atoms with Crippen LogP contribution in [0.3, 0.4) is 0 Å². The van der Waals surface area contributed by atoms with Gasteiger partial charge in [0.2, 0.25) is 0 Å². The predicted octanol–water partition coefficient (Wildman–Crippen LogP) is 2.21. The van der Waals surface area contributed by atoms with Crippen molar-refractivity contribution in [1.29, 1.82) is 0 Å². The average molecular weight is 229 g/mol. The molecule has 1 fully saturated rings. The second kappa shape index (κ2) is 8.04. The van der Waals surface area contributed by atoms with Gasteiger partial charge in [-0.3, -0.25) is 0 Å². The SMILES string of the molecule is CCCNC(C1CCOCC1)C(CC)OC. The smallest absolute Gasteiger partial charge is 0.0724 e. The zero-order valence-corrected chi connectivity index (χ0v) is 11.0. The van der Waals surface area contributed by atoms with Gasteiger partial charge in [0, 0.05) is 26.4 Å². The van der Waals surface area contributed by atoms with Crippen molar-refractivity contribution < 1.29 is 9.47 Å². The predicted molar refractivity (Wildman–Crippen MR) is 66.7 cm³/mol. The van der Waals surface area contributed by atoms with Gasteiger partial charge < -0.3 is 14.8 Å².